The van der Waals surface area contributed by atoms with Gasteiger partial charge >= 0.3 is 6.18 Å². The maximum absolute atomic E-state index is 12.9. The zero-order valence-electron chi connectivity index (χ0n) is 15.9. The van der Waals surface area contributed by atoms with Crippen LogP contribution >= 0.6 is 23.4 Å². The van der Waals surface area contributed by atoms with Crippen molar-refractivity contribution in [3.05, 3.63) is 63.7 Å². The number of carbonyl (C=O) groups excluding carboxylic acids is 1. The van der Waals surface area contributed by atoms with Gasteiger partial charge in [0.2, 0.25) is 5.91 Å². The number of rotatable bonds is 4. The summed E-state index contributed by atoms with van der Waals surface area (Å²) in [5.74, 6) is -0.466. The second kappa shape index (κ2) is 8.24. The number of nitrogens with zero attached hydrogens (tertiary/aromatic N) is 1. The number of nitrogens with one attached hydrogen (secondary N) is 1. The Morgan fingerprint density at radius 2 is 1.83 bits per heavy atom. The number of halogens is 4. The van der Waals surface area contributed by atoms with Crippen LogP contribution in [0.3, 0.4) is 0 Å². The van der Waals surface area contributed by atoms with E-state index in [0.29, 0.717) is 5.03 Å². The lowest BCUT2D eigenvalue weighted by Crippen LogP contribution is -2.15. The van der Waals surface area contributed by atoms with E-state index in [9.17, 15) is 18.0 Å². The number of fused-ring (bicyclic) bond motifs is 1. The standard InChI is InChI=1S/C21H18ClF3N2OS/c1-11-4-6-15-12(2)8-19(27-20(15)13(11)3)29-10-18(28)26-17-9-14(21(23,24)25)5-7-16(17)22/h4-9H,10H2,1-3H3,(H,26,28). The third-order valence-corrected chi connectivity index (χ3v) is 5.85. The van der Waals surface area contributed by atoms with Gasteiger partial charge in [0.15, 0.2) is 0 Å². The number of anilines is 1. The van der Waals surface area contributed by atoms with E-state index in [0.717, 1.165) is 45.8 Å². The molecular weight excluding hydrogens is 421 g/mol. The highest BCUT2D eigenvalue weighted by atomic mass is 35.5. The van der Waals surface area contributed by atoms with E-state index in [2.05, 4.69) is 10.3 Å². The Labute approximate surface area is 175 Å². The van der Waals surface area contributed by atoms with E-state index in [1.54, 1.807) is 0 Å². The maximum Gasteiger partial charge on any atom is 0.416 e. The molecule has 0 spiro atoms. The highest BCUT2D eigenvalue weighted by Crippen LogP contribution is 2.34. The summed E-state index contributed by atoms with van der Waals surface area (Å²) in [6, 6.07) is 8.79. The predicted molar refractivity (Wildman–Crippen MR) is 112 cm³/mol. The van der Waals surface area contributed by atoms with Crippen LogP contribution in [0.5, 0.6) is 0 Å². The molecule has 3 nitrogen and oxygen atoms in total. The van der Waals surface area contributed by atoms with Crippen LogP contribution in [0, 0.1) is 20.8 Å². The minimum absolute atomic E-state index is 0.00458. The summed E-state index contributed by atoms with van der Waals surface area (Å²) in [5, 5.41) is 4.22. The fraction of sp³-hybridized carbons (Fsp3) is 0.238. The number of thioether (sulfide) groups is 1. The van der Waals surface area contributed by atoms with E-state index < -0.39 is 17.6 Å². The van der Waals surface area contributed by atoms with Crippen molar-refractivity contribution in [3.8, 4) is 0 Å². The highest BCUT2D eigenvalue weighted by molar-refractivity contribution is 7.99. The van der Waals surface area contributed by atoms with E-state index in [-0.39, 0.29) is 16.5 Å². The molecule has 0 aliphatic heterocycles. The van der Waals surface area contributed by atoms with Crippen molar-refractivity contribution >= 4 is 45.9 Å². The molecule has 0 bridgehead atoms. The lowest BCUT2D eigenvalue weighted by molar-refractivity contribution is -0.137. The van der Waals surface area contributed by atoms with Gasteiger partial charge in [0.05, 0.1) is 32.6 Å². The van der Waals surface area contributed by atoms with Crippen LogP contribution in [0.2, 0.25) is 5.02 Å². The second-order valence-electron chi connectivity index (χ2n) is 6.71. The summed E-state index contributed by atoms with van der Waals surface area (Å²) >= 11 is 7.14. The Balaban J connectivity index is 1.76. The minimum Gasteiger partial charge on any atom is -0.324 e. The predicted octanol–water partition coefficient (Wildman–Crippen LogP) is 6.56. The topological polar surface area (TPSA) is 42.0 Å². The van der Waals surface area contributed by atoms with Crippen LogP contribution in [0.15, 0.2) is 41.4 Å². The van der Waals surface area contributed by atoms with Gasteiger partial charge < -0.3 is 5.32 Å². The molecule has 0 saturated heterocycles. The molecule has 0 saturated carbocycles. The first-order valence-corrected chi connectivity index (χ1v) is 10.1. The first-order chi connectivity index (χ1) is 13.6. The van der Waals surface area contributed by atoms with Crippen LogP contribution in [-0.4, -0.2) is 16.6 Å². The quantitative estimate of drug-likeness (QED) is 0.469. The lowest BCUT2D eigenvalue weighted by atomic mass is 10.0. The molecule has 2 aromatic carbocycles. The molecule has 8 heteroatoms. The number of hydrogen-bond donors (Lipinski definition) is 1. The van der Waals surface area contributed by atoms with Gasteiger partial charge in [-0.1, -0.05) is 35.5 Å². The van der Waals surface area contributed by atoms with Crippen molar-refractivity contribution in [2.45, 2.75) is 32.0 Å². The van der Waals surface area contributed by atoms with Crippen molar-refractivity contribution < 1.29 is 18.0 Å². The molecule has 1 heterocycles. The van der Waals surface area contributed by atoms with E-state index in [1.807, 2.05) is 39.0 Å². The number of pyridine rings is 1. The van der Waals surface area contributed by atoms with Gasteiger partial charge in [-0.15, -0.1) is 0 Å². The summed E-state index contributed by atoms with van der Waals surface area (Å²) in [6.07, 6.45) is -4.51. The Morgan fingerprint density at radius 3 is 2.52 bits per heavy atom. The molecule has 1 amide bonds. The molecule has 0 aliphatic carbocycles. The second-order valence-corrected chi connectivity index (χ2v) is 8.11. The summed E-state index contributed by atoms with van der Waals surface area (Å²) < 4.78 is 38.6. The fourth-order valence-electron chi connectivity index (χ4n) is 2.87. The zero-order valence-corrected chi connectivity index (χ0v) is 17.5. The Hall–Kier alpha value is -2.25. The monoisotopic (exact) mass is 438 g/mol. The van der Waals surface area contributed by atoms with Crippen molar-refractivity contribution in [1.82, 2.24) is 4.98 Å². The molecule has 1 N–H and O–H groups in total. The van der Waals surface area contributed by atoms with Gasteiger partial charge in [-0.2, -0.15) is 13.2 Å². The van der Waals surface area contributed by atoms with Gasteiger partial charge in [0, 0.05) is 5.39 Å². The molecule has 0 aliphatic rings. The smallest absolute Gasteiger partial charge is 0.324 e. The molecule has 3 aromatic rings. The van der Waals surface area contributed by atoms with E-state index >= 15 is 0 Å². The van der Waals surface area contributed by atoms with Crippen LogP contribution in [0.4, 0.5) is 18.9 Å². The van der Waals surface area contributed by atoms with E-state index in [1.165, 1.54) is 11.8 Å². The van der Waals surface area contributed by atoms with Crippen LogP contribution < -0.4 is 5.32 Å². The fourth-order valence-corrected chi connectivity index (χ4v) is 3.80. The molecule has 3 rings (SSSR count). The first kappa shape index (κ1) is 21.5. The zero-order chi connectivity index (χ0) is 21.3. The van der Waals surface area contributed by atoms with Crippen molar-refractivity contribution in [1.29, 1.82) is 0 Å². The number of carbonyl (C=O) groups is 1. The summed E-state index contributed by atoms with van der Waals surface area (Å²) in [5.41, 5.74) is 3.19. The largest absolute Gasteiger partial charge is 0.416 e. The minimum atomic E-state index is -4.51. The average molecular weight is 439 g/mol. The van der Waals surface area contributed by atoms with E-state index in [4.69, 9.17) is 11.6 Å². The van der Waals surface area contributed by atoms with Crippen LogP contribution in [-0.2, 0) is 11.0 Å². The molecule has 29 heavy (non-hydrogen) atoms. The molecule has 0 fully saturated rings. The average Bonchev–Trinajstić information content (AvgIpc) is 2.64. The van der Waals surface area contributed by atoms with Crippen LogP contribution in [0.1, 0.15) is 22.3 Å². The highest BCUT2D eigenvalue weighted by Gasteiger charge is 2.31. The van der Waals surface area contributed by atoms with Crippen molar-refractivity contribution in [3.63, 3.8) is 0 Å². The SMILES string of the molecule is Cc1ccc2c(C)cc(SCC(=O)Nc3cc(C(F)(F)F)ccc3Cl)nc2c1C. The molecular formula is C21H18ClF3N2OS. The van der Waals surface area contributed by atoms with Gasteiger partial charge in [0.25, 0.3) is 0 Å². The van der Waals surface area contributed by atoms with Gasteiger partial charge in [0.1, 0.15) is 0 Å². The summed E-state index contributed by atoms with van der Waals surface area (Å²) in [6.45, 7) is 5.99. The van der Waals surface area contributed by atoms with Gasteiger partial charge in [-0.05, 0) is 61.7 Å². The Morgan fingerprint density at radius 1 is 1.10 bits per heavy atom. The van der Waals surface area contributed by atoms with Crippen LogP contribution in [0.25, 0.3) is 10.9 Å². The number of alkyl halides is 3. The number of amides is 1. The number of benzene rings is 2. The third kappa shape index (κ3) is 4.85. The Bertz CT molecular complexity index is 1100. The molecule has 1 aromatic heterocycles. The molecule has 0 atom stereocenters. The van der Waals surface area contributed by atoms with Gasteiger partial charge in [-0.25, -0.2) is 4.98 Å². The molecule has 0 unspecified atom stereocenters. The number of aryl methyl sites for hydroxylation is 3. The molecule has 0 radical (unpaired) electrons. The maximum atomic E-state index is 12.9. The number of aromatic nitrogens is 1. The molecule has 152 valence electrons. The van der Waals surface area contributed by atoms with Crippen molar-refractivity contribution in [2.75, 3.05) is 11.1 Å². The first-order valence-electron chi connectivity index (χ1n) is 8.73. The summed E-state index contributed by atoms with van der Waals surface area (Å²) in [7, 11) is 0. The van der Waals surface area contributed by atoms with Crippen molar-refractivity contribution in [2.24, 2.45) is 0 Å². The number of hydrogen-bond acceptors (Lipinski definition) is 3. The summed E-state index contributed by atoms with van der Waals surface area (Å²) in [4.78, 5) is 16.9. The lowest BCUT2D eigenvalue weighted by Gasteiger charge is -2.12. The third-order valence-electron chi connectivity index (χ3n) is 4.61. The van der Waals surface area contributed by atoms with Gasteiger partial charge in [-0.3, -0.25) is 4.79 Å². The normalized spacial score (nSPS) is 11.7. The Kier molecular flexibility index (Phi) is 6.10.